The van der Waals surface area contributed by atoms with Gasteiger partial charge < -0.3 is 9.55 Å². The molecular formula is C14H10BrFN2S. The minimum absolute atomic E-state index is 0.296. The van der Waals surface area contributed by atoms with Crippen molar-refractivity contribution in [1.82, 2.24) is 9.55 Å². The monoisotopic (exact) mass is 336 g/mol. The van der Waals surface area contributed by atoms with E-state index in [0.29, 0.717) is 21.3 Å². The molecule has 0 spiro atoms. The highest BCUT2D eigenvalue weighted by Gasteiger charge is 2.09. The van der Waals surface area contributed by atoms with E-state index in [1.807, 2.05) is 34.9 Å². The standard InChI is InChI=1S/C14H10BrFN2S/c15-10-6-13-12(7-11(10)16)17-14(19)18(13)8-9-4-2-1-3-5-9/h1-7H,8H2,(H,17,19). The van der Waals surface area contributed by atoms with Gasteiger partial charge in [-0.05, 0) is 39.8 Å². The van der Waals surface area contributed by atoms with Crippen LogP contribution in [-0.4, -0.2) is 9.55 Å². The van der Waals surface area contributed by atoms with E-state index in [0.717, 1.165) is 11.1 Å². The van der Waals surface area contributed by atoms with Crippen molar-refractivity contribution in [3.8, 4) is 0 Å². The van der Waals surface area contributed by atoms with Crippen molar-refractivity contribution >= 4 is 39.2 Å². The summed E-state index contributed by atoms with van der Waals surface area (Å²) >= 11 is 8.52. The van der Waals surface area contributed by atoms with Gasteiger partial charge in [0.2, 0.25) is 0 Å². The van der Waals surface area contributed by atoms with Crippen molar-refractivity contribution in [1.29, 1.82) is 0 Å². The summed E-state index contributed by atoms with van der Waals surface area (Å²) in [6.07, 6.45) is 0. The molecule has 2 aromatic carbocycles. The summed E-state index contributed by atoms with van der Waals surface area (Å²) < 4.78 is 16.5. The van der Waals surface area contributed by atoms with Crippen LogP contribution >= 0.6 is 28.1 Å². The normalized spacial score (nSPS) is 11.1. The fourth-order valence-electron chi connectivity index (χ4n) is 2.07. The van der Waals surface area contributed by atoms with Crippen LogP contribution < -0.4 is 0 Å². The van der Waals surface area contributed by atoms with Gasteiger partial charge in [0.15, 0.2) is 4.77 Å². The van der Waals surface area contributed by atoms with Crippen molar-refractivity contribution in [2.45, 2.75) is 6.54 Å². The molecule has 19 heavy (non-hydrogen) atoms. The lowest BCUT2D eigenvalue weighted by Crippen LogP contribution is -1.99. The van der Waals surface area contributed by atoms with E-state index >= 15 is 0 Å². The second-order valence-corrected chi connectivity index (χ2v) is 5.53. The topological polar surface area (TPSA) is 20.7 Å². The first-order chi connectivity index (χ1) is 9.15. The fourth-order valence-corrected chi connectivity index (χ4v) is 2.68. The molecule has 0 unspecified atom stereocenters. The largest absolute Gasteiger partial charge is 0.330 e. The van der Waals surface area contributed by atoms with Crippen molar-refractivity contribution < 1.29 is 4.39 Å². The van der Waals surface area contributed by atoms with Crippen molar-refractivity contribution in [2.24, 2.45) is 0 Å². The molecule has 1 N–H and O–H groups in total. The molecule has 0 saturated carbocycles. The average Bonchev–Trinajstić information content (AvgIpc) is 2.68. The third kappa shape index (κ3) is 2.35. The van der Waals surface area contributed by atoms with E-state index < -0.39 is 0 Å². The van der Waals surface area contributed by atoms with Gasteiger partial charge in [-0.25, -0.2) is 4.39 Å². The predicted octanol–water partition coefficient (Wildman–Crippen LogP) is 4.65. The van der Waals surface area contributed by atoms with Crippen LogP contribution in [0, 0.1) is 10.6 Å². The van der Waals surface area contributed by atoms with Gasteiger partial charge in [0.05, 0.1) is 22.1 Å². The maximum atomic E-state index is 13.5. The Morgan fingerprint density at radius 1 is 1.21 bits per heavy atom. The zero-order chi connectivity index (χ0) is 13.4. The van der Waals surface area contributed by atoms with Crippen molar-refractivity contribution in [2.75, 3.05) is 0 Å². The van der Waals surface area contributed by atoms with Crippen LogP contribution in [0.4, 0.5) is 4.39 Å². The maximum absolute atomic E-state index is 13.5. The van der Waals surface area contributed by atoms with Gasteiger partial charge in [-0.3, -0.25) is 0 Å². The quantitative estimate of drug-likeness (QED) is 0.675. The average molecular weight is 337 g/mol. The molecule has 0 aliphatic carbocycles. The van der Waals surface area contributed by atoms with E-state index in [1.54, 1.807) is 6.07 Å². The number of hydrogen-bond donors (Lipinski definition) is 1. The minimum Gasteiger partial charge on any atom is -0.330 e. The number of hydrogen-bond acceptors (Lipinski definition) is 1. The first-order valence-electron chi connectivity index (χ1n) is 5.76. The Bertz CT molecular complexity index is 792. The van der Waals surface area contributed by atoms with E-state index in [9.17, 15) is 4.39 Å². The summed E-state index contributed by atoms with van der Waals surface area (Å²) in [6, 6.07) is 13.2. The van der Waals surface area contributed by atoms with E-state index in [2.05, 4.69) is 20.9 Å². The number of fused-ring (bicyclic) bond motifs is 1. The molecule has 0 atom stereocenters. The Balaban J connectivity index is 2.16. The number of H-pyrrole nitrogens is 1. The zero-order valence-electron chi connectivity index (χ0n) is 9.86. The summed E-state index contributed by atoms with van der Waals surface area (Å²) in [5.41, 5.74) is 2.75. The molecule has 96 valence electrons. The number of rotatable bonds is 2. The summed E-state index contributed by atoms with van der Waals surface area (Å²) in [6.45, 7) is 0.664. The Morgan fingerprint density at radius 3 is 2.68 bits per heavy atom. The molecule has 1 aromatic heterocycles. The number of aromatic amines is 1. The van der Waals surface area contributed by atoms with Gasteiger partial charge in [0.1, 0.15) is 5.82 Å². The lowest BCUT2D eigenvalue weighted by atomic mass is 10.2. The summed E-state index contributed by atoms with van der Waals surface area (Å²) in [5, 5.41) is 0. The van der Waals surface area contributed by atoms with Gasteiger partial charge in [0.25, 0.3) is 0 Å². The van der Waals surface area contributed by atoms with Crippen molar-refractivity contribution in [3.63, 3.8) is 0 Å². The Kier molecular flexibility index (Phi) is 3.24. The smallest absolute Gasteiger partial charge is 0.178 e. The molecule has 0 aliphatic heterocycles. The third-order valence-corrected chi connectivity index (χ3v) is 3.93. The molecule has 0 aliphatic rings. The van der Waals surface area contributed by atoms with Gasteiger partial charge >= 0.3 is 0 Å². The first-order valence-corrected chi connectivity index (χ1v) is 6.97. The fraction of sp³-hybridized carbons (Fsp3) is 0.0714. The number of nitrogens with zero attached hydrogens (tertiary/aromatic N) is 1. The number of halogens is 2. The van der Waals surface area contributed by atoms with E-state index in [1.165, 1.54) is 6.07 Å². The van der Waals surface area contributed by atoms with E-state index in [-0.39, 0.29) is 5.82 Å². The predicted molar refractivity (Wildman–Crippen MR) is 80.3 cm³/mol. The number of aromatic nitrogens is 2. The van der Waals surface area contributed by atoms with Crippen molar-refractivity contribution in [3.05, 3.63) is 63.1 Å². The molecular weight excluding hydrogens is 327 g/mol. The van der Waals surface area contributed by atoms with Crippen LogP contribution in [0.15, 0.2) is 46.9 Å². The Hall–Kier alpha value is -1.46. The number of imidazole rings is 1. The maximum Gasteiger partial charge on any atom is 0.178 e. The van der Waals surface area contributed by atoms with Gasteiger partial charge in [-0.15, -0.1) is 0 Å². The highest BCUT2D eigenvalue weighted by Crippen LogP contribution is 2.23. The highest BCUT2D eigenvalue weighted by molar-refractivity contribution is 9.10. The molecule has 0 bridgehead atoms. The van der Waals surface area contributed by atoms with E-state index in [4.69, 9.17) is 12.2 Å². The summed E-state index contributed by atoms with van der Waals surface area (Å²) in [7, 11) is 0. The molecule has 0 radical (unpaired) electrons. The summed E-state index contributed by atoms with van der Waals surface area (Å²) in [5.74, 6) is -0.296. The molecule has 3 aromatic rings. The van der Waals surface area contributed by atoms with Crippen LogP contribution in [0.2, 0.25) is 0 Å². The van der Waals surface area contributed by atoms with Crippen LogP contribution in [0.1, 0.15) is 5.56 Å². The second-order valence-electron chi connectivity index (χ2n) is 4.29. The molecule has 3 rings (SSSR count). The van der Waals surface area contributed by atoms with Crippen LogP contribution in [0.25, 0.3) is 11.0 Å². The van der Waals surface area contributed by atoms with Crippen LogP contribution in [-0.2, 0) is 6.54 Å². The van der Waals surface area contributed by atoms with Crippen LogP contribution in [0.3, 0.4) is 0 Å². The molecule has 0 fully saturated rings. The number of benzene rings is 2. The lowest BCUT2D eigenvalue weighted by Gasteiger charge is -2.05. The molecule has 5 heteroatoms. The molecule has 0 amide bonds. The highest BCUT2D eigenvalue weighted by atomic mass is 79.9. The van der Waals surface area contributed by atoms with Gasteiger partial charge in [0, 0.05) is 6.07 Å². The van der Waals surface area contributed by atoms with Gasteiger partial charge in [-0.2, -0.15) is 0 Å². The second kappa shape index (κ2) is 4.90. The SMILES string of the molecule is Fc1cc2[nH]c(=S)n(Cc3ccccc3)c2cc1Br. The first kappa shape index (κ1) is 12.6. The Labute approximate surface area is 123 Å². The lowest BCUT2D eigenvalue weighted by molar-refractivity contribution is 0.622. The third-order valence-electron chi connectivity index (χ3n) is 3.00. The zero-order valence-corrected chi connectivity index (χ0v) is 12.3. The molecule has 2 nitrogen and oxygen atoms in total. The minimum atomic E-state index is -0.296. The van der Waals surface area contributed by atoms with Gasteiger partial charge in [-0.1, -0.05) is 30.3 Å². The van der Waals surface area contributed by atoms with Crippen LogP contribution in [0.5, 0.6) is 0 Å². The molecule has 0 saturated heterocycles. The molecule has 1 heterocycles. The number of nitrogens with one attached hydrogen (secondary N) is 1. The summed E-state index contributed by atoms with van der Waals surface area (Å²) in [4.78, 5) is 3.03. The Morgan fingerprint density at radius 2 is 1.95 bits per heavy atom.